The Hall–Kier alpha value is -4.00. The van der Waals surface area contributed by atoms with E-state index in [-0.39, 0.29) is 0 Å². The maximum Gasteiger partial charge on any atom is 0.334 e. The Morgan fingerprint density at radius 3 is 2.03 bits per heavy atom. The van der Waals surface area contributed by atoms with E-state index in [2.05, 4.69) is 10.6 Å². The average Bonchev–Trinajstić information content (AvgIpc) is 2.79. The van der Waals surface area contributed by atoms with E-state index in [1.165, 1.54) is 31.2 Å². The van der Waals surface area contributed by atoms with Gasteiger partial charge >= 0.3 is 5.97 Å². The molecule has 3 rings (SSSR count). The number of carbonyl (C=O) groups excluding carboxylic acids is 3. The molecule has 2 N–H and O–H groups in total. The molecule has 0 aliphatic rings. The number of nitrogens with one attached hydrogen (secondary N) is 2. The monoisotopic (exact) mass is 420 g/mol. The summed E-state index contributed by atoms with van der Waals surface area (Å²) in [4.78, 5) is 37.8. The van der Waals surface area contributed by atoms with Gasteiger partial charge in [-0.25, -0.2) is 9.18 Å². The molecule has 0 radical (unpaired) electrons. The van der Waals surface area contributed by atoms with Crippen molar-refractivity contribution in [2.24, 2.45) is 0 Å². The molecule has 2 atom stereocenters. The van der Waals surface area contributed by atoms with E-state index in [0.717, 1.165) is 0 Å². The summed E-state index contributed by atoms with van der Waals surface area (Å²) in [5, 5.41) is 5.21. The lowest BCUT2D eigenvalue weighted by Crippen LogP contribution is -2.38. The molecular formula is C24H21FN2O4. The third kappa shape index (κ3) is 5.99. The lowest BCUT2D eigenvalue weighted by Gasteiger charge is -2.21. The van der Waals surface area contributed by atoms with Crippen LogP contribution in [0.15, 0.2) is 84.9 Å². The SMILES string of the molecule is C[C@@H](OC(=O)[C@@H](NC(=O)c1ccccc1)c1ccccc1)C(=O)Nc1ccc(F)cc1. The van der Waals surface area contributed by atoms with Crippen LogP contribution in [0, 0.1) is 5.82 Å². The van der Waals surface area contributed by atoms with Crippen molar-refractivity contribution in [1.29, 1.82) is 0 Å². The lowest BCUT2D eigenvalue weighted by molar-refractivity contribution is -0.155. The summed E-state index contributed by atoms with van der Waals surface area (Å²) in [5.41, 5.74) is 1.27. The highest BCUT2D eigenvalue weighted by Gasteiger charge is 2.28. The van der Waals surface area contributed by atoms with Crippen LogP contribution in [0.1, 0.15) is 28.9 Å². The van der Waals surface area contributed by atoms with Gasteiger partial charge in [-0.2, -0.15) is 0 Å². The first kappa shape index (κ1) is 21.7. The van der Waals surface area contributed by atoms with Crippen molar-refractivity contribution < 1.29 is 23.5 Å². The molecule has 0 spiro atoms. The number of esters is 1. The smallest absolute Gasteiger partial charge is 0.334 e. The van der Waals surface area contributed by atoms with Gasteiger partial charge in [0.2, 0.25) is 0 Å². The summed E-state index contributed by atoms with van der Waals surface area (Å²) in [6, 6.07) is 21.2. The van der Waals surface area contributed by atoms with Crippen molar-refractivity contribution in [3.8, 4) is 0 Å². The summed E-state index contributed by atoms with van der Waals surface area (Å²) in [5.74, 6) is -2.24. The van der Waals surface area contributed by atoms with Crippen LogP contribution in [-0.2, 0) is 14.3 Å². The van der Waals surface area contributed by atoms with Gasteiger partial charge in [-0.15, -0.1) is 0 Å². The number of benzene rings is 3. The molecule has 0 heterocycles. The Labute approximate surface area is 179 Å². The van der Waals surface area contributed by atoms with Gasteiger partial charge in [-0.05, 0) is 48.9 Å². The molecule has 3 aromatic carbocycles. The lowest BCUT2D eigenvalue weighted by atomic mass is 10.1. The summed E-state index contributed by atoms with van der Waals surface area (Å²) in [6.07, 6.45) is -1.14. The average molecular weight is 420 g/mol. The molecule has 2 amide bonds. The first-order valence-electron chi connectivity index (χ1n) is 9.62. The van der Waals surface area contributed by atoms with Gasteiger partial charge in [0, 0.05) is 11.3 Å². The number of amides is 2. The minimum absolute atomic E-state index is 0.367. The Kier molecular flexibility index (Phi) is 7.11. The molecule has 0 aliphatic carbocycles. The molecule has 0 fully saturated rings. The van der Waals surface area contributed by atoms with Crippen LogP contribution < -0.4 is 10.6 Å². The summed E-state index contributed by atoms with van der Waals surface area (Å²) in [6.45, 7) is 1.41. The second-order valence-corrected chi connectivity index (χ2v) is 6.76. The van der Waals surface area contributed by atoms with Gasteiger partial charge in [0.15, 0.2) is 12.1 Å². The fraction of sp³-hybridized carbons (Fsp3) is 0.125. The van der Waals surface area contributed by atoms with E-state index in [4.69, 9.17) is 4.74 Å². The van der Waals surface area contributed by atoms with E-state index in [1.807, 2.05) is 0 Å². The van der Waals surface area contributed by atoms with Gasteiger partial charge in [0.05, 0.1) is 0 Å². The van der Waals surface area contributed by atoms with Crippen molar-refractivity contribution >= 4 is 23.5 Å². The number of carbonyl (C=O) groups is 3. The molecule has 158 valence electrons. The third-order valence-corrected chi connectivity index (χ3v) is 4.45. The maximum absolute atomic E-state index is 13.0. The molecule has 0 saturated heterocycles. The molecule has 6 nitrogen and oxygen atoms in total. The molecule has 3 aromatic rings. The molecule has 0 unspecified atom stereocenters. The Bertz CT molecular complexity index is 1040. The van der Waals surface area contributed by atoms with Crippen LogP contribution in [0.3, 0.4) is 0 Å². The fourth-order valence-electron chi connectivity index (χ4n) is 2.80. The highest BCUT2D eigenvalue weighted by Crippen LogP contribution is 2.17. The van der Waals surface area contributed by atoms with Crippen molar-refractivity contribution in [2.75, 3.05) is 5.32 Å². The van der Waals surface area contributed by atoms with Gasteiger partial charge in [0.1, 0.15) is 5.82 Å². The molecule has 0 saturated carbocycles. The van der Waals surface area contributed by atoms with E-state index >= 15 is 0 Å². The summed E-state index contributed by atoms with van der Waals surface area (Å²) >= 11 is 0. The summed E-state index contributed by atoms with van der Waals surface area (Å²) in [7, 11) is 0. The number of hydrogen-bond acceptors (Lipinski definition) is 4. The zero-order valence-corrected chi connectivity index (χ0v) is 16.7. The number of halogens is 1. The predicted octanol–water partition coefficient (Wildman–Crippen LogP) is 3.87. The third-order valence-electron chi connectivity index (χ3n) is 4.45. The fourth-order valence-corrected chi connectivity index (χ4v) is 2.80. The van der Waals surface area contributed by atoms with Crippen LogP contribution in [0.25, 0.3) is 0 Å². The van der Waals surface area contributed by atoms with Crippen molar-refractivity contribution in [2.45, 2.75) is 19.1 Å². The van der Waals surface area contributed by atoms with Gasteiger partial charge in [0.25, 0.3) is 11.8 Å². The second kappa shape index (κ2) is 10.2. The zero-order chi connectivity index (χ0) is 22.2. The Morgan fingerprint density at radius 2 is 1.42 bits per heavy atom. The first-order chi connectivity index (χ1) is 14.9. The zero-order valence-electron chi connectivity index (χ0n) is 16.7. The minimum atomic E-state index is -1.14. The molecule has 31 heavy (non-hydrogen) atoms. The summed E-state index contributed by atoms with van der Waals surface area (Å²) < 4.78 is 18.3. The molecule has 7 heteroatoms. The maximum atomic E-state index is 13.0. The van der Waals surface area contributed by atoms with E-state index in [1.54, 1.807) is 60.7 Å². The first-order valence-corrected chi connectivity index (χ1v) is 9.62. The number of hydrogen-bond donors (Lipinski definition) is 2. The van der Waals surface area contributed by atoms with Crippen LogP contribution in [-0.4, -0.2) is 23.9 Å². The predicted molar refractivity (Wildman–Crippen MR) is 114 cm³/mol. The number of anilines is 1. The number of ether oxygens (including phenoxy) is 1. The van der Waals surface area contributed by atoms with Gasteiger partial charge < -0.3 is 15.4 Å². The standard InChI is InChI=1S/C24H21FN2O4/c1-16(22(28)26-20-14-12-19(25)13-15-20)31-24(30)21(17-8-4-2-5-9-17)27-23(29)18-10-6-3-7-11-18/h2-16,21H,1H3,(H,26,28)(H,27,29)/t16-,21+/m1/s1. The normalized spacial score (nSPS) is 12.3. The molecule has 0 bridgehead atoms. The molecule has 0 aromatic heterocycles. The quantitative estimate of drug-likeness (QED) is 0.569. The topological polar surface area (TPSA) is 84.5 Å². The van der Waals surface area contributed by atoms with E-state index < -0.39 is 35.7 Å². The number of rotatable bonds is 7. The highest BCUT2D eigenvalue weighted by atomic mass is 19.1. The Morgan fingerprint density at radius 1 is 0.839 bits per heavy atom. The molecule has 0 aliphatic heterocycles. The Balaban J connectivity index is 1.71. The second-order valence-electron chi connectivity index (χ2n) is 6.76. The van der Waals surface area contributed by atoms with Crippen LogP contribution >= 0.6 is 0 Å². The van der Waals surface area contributed by atoms with Crippen LogP contribution in [0.5, 0.6) is 0 Å². The molecular weight excluding hydrogens is 399 g/mol. The highest BCUT2D eigenvalue weighted by molar-refractivity contribution is 5.98. The van der Waals surface area contributed by atoms with Crippen molar-refractivity contribution in [3.63, 3.8) is 0 Å². The minimum Gasteiger partial charge on any atom is -0.451 e. The largest absolute Gasteiger partial charge is 0.451 e. The van der Waals surface area contributed by atoms with Gasteiger partial charge in [-0.1, -0.05) is 48.5 Å². The van der Waals surface area contributed by atoms with E-state index in [0.29, 0.717) is 16.8 Å². The van der Waals surface area contributed by atoms with Gasteiger partial charge in [-0.3, -0.25) is 9.59 Å². The van der Waals surface area contributed by atoms with Crippen molar-refractivity contribution in [1.82, 2.24) is 5.32 Å². The van der Waals surface area contributed by atoms with Crippen molar-refractivity contribution in [3.05, 3.63) is 102 Å². The van der Waals surface area contributed by atoms with E-state index in [9.17, 15) is 18.8 Å². The van der Waals surface area contributed by atoms with Crippen LogP contribution in [0.2, 0.25) is 0 Å². The van der Waals surface area contributed by atoms with Crippen LogP contribution in [0.4, 0.5) is 10.1 Å².